The van der Waals surface area contributed by atoms with Gasteiger partial charge in [0.05, 0.1) is 0 Å². The summed E-state index contributed by atoms with van der Waals surface area (Å²) in [6, 6.07) is 0. The fraction of sp³-hybridized carbons (Fsp3) is 1.00. The molecule has 0 aliphatic carbocycles. The predicted molar refractivity (Wildman–Crippen MR) is 60.8 cm³/mol. The van der Waals surface area contributed by atoms with Gasteiger partial charge in [0.2, 0.25) is 0 Å². The molecule has 1 nitrogen and oxygen atoms in total. The maximum atomic E-state index is 5.56. The van der Waals surface area contributed by atoms with E-state index < -0.39 is 0 Å². The second kappa shape index (κ2) is 10.0. The number of rotatable bonds is 9. The summed E-state index contributed by atoms with van der Waals surface area (Å²) in [5.41, 5.74) is 5.56. The van der Waals surface area contributed by atoms with Gasteiger partial charge in [0.1, 0.15) is 0 Å². The first-order chi connectivity index (χ1) is 6.35. The van der Waals surface area contributed by atoms with Gasteiger partial charge in [-0.2, -0.15) is 0 Å². The molecule has 0 rings (SSSR count). The topological polar surface area (TPSA) is 26.0 Å². The monoisotopic (exact) mass is 185 g/mol. The Morgan fingerprint density at radius 3 is 2.15 bits per heavy atom. The zero-order valence-electron chi connectivity index (χ0n) is 9.52. The quantitative estimate of drug-likeness (QED) is 0.544. The smallest absolute Gasteiger partial charge is 0.00746 e. The van der Waals surface area contributed by atoms with Gasteiger partial charge in [0, 0.05) is 0 Å². The number of nitrogens with two attached hydrogens (primary N) is 1. The van der Waals surface area contributed by atoms with Crippen LogP contribution in [0.3, 0.4) is 0 Å². The summed E-state index contributed by atoms with van der Waals surface area (Å²) < 4.78 is 0. The summed E-state index contributed by atoms with van der Waals surface area (Å²) >= 11 is 0. The zero-order valence-corrected chi connectivity index (χ0v) is 9.52. The van der Waals surface area contributed by atoms with E-state index in [0.717, 1.165) is 12.5 Å². The molecule has 13 heavy (non-hydrogen) atoms. The number of hydrogen-bond acceptors (Lipinski definition) is 1. The van der Waals surface area contributed by atoms with Gasteiger partial charge in [-0.25, -0.2) is 0 Å². The first kappa shape index (κ1) is 13.0. The minimum Gasteiger partial charge on any atom is -0.330 e. The van der Waals surface area contributed by atoms with Crippen LogP contribution < -0.4 is 5.73 Å². The minimum atomic E-state index is 0.869. The molecule has 0 spiro atoms. The van der Waals surface area contributed by atoms with E-state index in [1.807, 2.05) is 0 Å². The summed E-state index contributed by atoms with van der Waals surface area (Å²) in [6.07, 6.45) is 11.0. The molecule has 0 aromatic carbocycles. The maximum absolute atomic E-state index is 5.56. The molecule has 2 N–H and O–H groups in total. The summed E-state index contributed by atoms with van der Waals surface area (Å²) in [5.74, 6) is 0.895. The lowest BCUT2D eigenvalue weighted by Gasteiger charge is -2.12. The van der Waals surface area contributed by atoms with Crippen LogP contribution in [0.4, 0.5) is 0 Å². The van der Waals surface area contributed by atoms with Crippen LogP contribution in [-0.4, -0.2) is 6.54 Å². The van der Waals surface area contributed by atoms with Crippen molar-refractivity contribution in [2.45, 2.75) is 65.2 Å². The average Bonchev–Trinajstić information content (AvgIpc) is 2.16. The second-order valence-electron chi connectivity index (χ2n) is 4.05. The predicted octanol–water partition coefficient (Wildman–Crippen LogP) is 3.72. The van der Waals surface area contributed by atoms with Crippen molar-refractivity contribution in [2.75, 3.05) is 6.54 Å². The molecule has 0 fully saturated rings. The standard InChI is InChI=1S/C12H27N/c1-3-5-6-7-8-9-12(4-2)10-11-13/h12H,3-11,13H2,1-2H3. The number of unbranched alkanes of at least 4 members (excludes halogenated alkanes) is 4. The molecule has 1 atom stereocenters. The van der Waals surface area contributed by atoms with E-state index in [1.54, 1.807) is 0 Å². The van der Waals surface area contributed by atoms with Gasteiger partial charge in [-0.1, -0.05) is 58.8 Å². The van der Waals surface area contributed by atoms with E-state index in [2.05, 4.69) is 13.8 Å². The van der Waals surface area contributed by atoms with Crippen LogP contribution in [0.1, 0.15) is 65.2 Å². The van der Waals surface area contributed by atoms with Crippen molar-refractivity contribution in [1.82, 2.24) is 0 Å². The van der Waals surface area contributed by atoms with E-state index in [0.29, 0.717) is 0 Å². The van der Waals surface area contributed by atoms with Crippen molar-refractivity contribution in [2.24, 2.45) is 11.7 Å². The second-order valence-corrected chi connectivity index (χ2v) is 4.05. The molecule has 0 saturated heterocycles. The summed E-state index contributed by atoms with van der Waals surface area (Å²) in [7, 11) is 0. The normalized spacial score (nSPS) is 13.2. The molecule has 1 heteroatoms. The Bertz CT molecular complexity index is 91.1. The first-order valence-electron chi connectivity index (χ1n) is 6.05. The third kappa shape index (κ3) is 8.29. The van der Waals surface area contributed by atoms with Crippen LogP contribution in [0.2, 0.25) is 0 Å². The molecule has 0 radical (unpaired) electrons. The van der Waals surface area contributed by atoms with Gasteiger partial charge in [0.25, 0.3) is 0 Å². The maximum Gasteiger partial charge on any atom is -0.00746 e. The van der Waals surface area contributed by atoms with E-state index in [9.17, 15) is 0 Å². The Labute approximate surface area is 84.1 Å². The van der Waals surface area contributed by atoms with E-state index >= 15 is 0 Å². The van der Waals surface area contributed by atoms with Gasteiger partial charge < -0.3 is 5.73 Å². The van der Waals surface area contributed by atoms with Crippen molar-refractivity contribution in [3.63, 3.8) is 0 Å². The molecular weight excluding hydrogens is 158 g/mol. The van der Waals surface area contributed by atoms with Crippen LogP contribution in [0.5, 0.6) is 0 Å². The molecule has 0 amide bonds. The molecule has 1 unspecified atom stereocenters. The Balaban J connectivity index is 3.17. The number of hydrogen-bond donors (Lipinski definition) is 1. The fourth-order valence-corrected chi connectivity index (χ4v) is 1.82. The zero-order chi connectivity index (χ0) is 9.94. The van der Waals surface area contributed by atoms with Crippen LogP contribution in [0.15, 0.2) is 0 Å². The van der Waals surface area contributed by atoms with Crippen molar-refractivity contribution < 1.29 is 0 Å². The first-order valence-corrected chi connectivity index (χ1v) is 6.05. The molecular formula is C12H27N. The highest BCUT2D eigenvalue weighted by Gasteiger charge is 2.03. The van der Waals surface area contributed by atoms with Crippen molar-refractivity contribution in [3.8, 4) is 0 Å². The van der Waals surface area contributed by atoms with Gasteiger partial charge in [-0.3, -0.25) is 0 Å². The Kier molecular flexibility index (Phi) is 10.0. The third-order valence-corrected chi connectivity index (χ3v) is 2.87. The molecule has 80 valence electrons. The van der Waals surface area contributed by atoms with Crippen LogP contribution >= 0.6 is 0 Å². The Hall–Kier alpha value is -0.0400. The highest BCUT2D eigenvalue weighted by Crippen LogP contribution is 2.17. The van der Waals surface area contributed by atoms with E-state index in [4.69, 9.17) is 5.73 Å². The van der Waals surface area contributed by atoms with Gasteiger partial charge in [0.15, 0.2) is 0 Å². The van der Waals surface area contributed by atoms with Crippen molar-refractivity contribution in [3.05, 3.63) is 0 Å². The van der Waals surface area contributed by atoms with Crippen molar-refractivity contribution >= 4 is 0 Å². The van der Waals surface area contributed by atoms with Gasteiger partial charge in [-0.05, 0) is 18.9 Å². The average molecular weight is 185 g/mol. The molecule has 0 aromatic rings. The molecule has 0 heterocycles. The van der Waals surface area contributed by atoms with E-state index in [1.165, 1.54) is 51.4 Å². The Morgan fingerprint density at radius 2 is 1.62 bits per heavy atom. The lowest BCUT2D eigenvalue weighted by Crippen LogP contribution is -2.07. The molecule has 0 aliphatic rings. The fourth-order valence-electron chi connectivity index (χ4n) is 1.82. The minimum absolute atomic E-state index is 0.869. The summed E-state index contributed by atoms with van der Waals surface area (Å²) in [4.78, 5) is 0. The van der Waals surface area contributed by atoms with Gasteiger partial charge >= 0.3 is 0 Å². The van der Waals surface area contributed by atoms with Crippen molar-refractivity contribution in [1.29, 1.82) is 0 Å². The molecule has 0 aromatic heterocycles. The largest absolute Gasteiger partial charge is 0.330 e. The highest BCUT2D eigenvalue weighted by atomic mass is 14.5. The van der Waals surface area contributed by atoms with Crippen LogP contribution in [-0.2, 0) is 0 Å². The SMILES string of the molecule is CCCCCCCC(CC)CCN. The van der Waals surface area contributed by atoms with Gasteiger partial charge in [-0.15, -0.1) is 0 Å². The molecule has 0 saturated carbocycles. The molecule has 0 bridgehead atoms. The highest BCUT2D eigenvalue weighted by molar-refractivity contribution is 4.58. The van der Waals surface area contributed by atoms with Crippen LogP contribution in [0, 0.1) is 5.92 Å². The molecule has 0 aliphatic heterocycles. The third-order valence-electron chi connectivity index (χ3n) is 2.87. The van der Waals surface area contributed by atoms with E-state index in [-0.39, 0.29) is 0 Å². The lowest BCUT2D eigenvalue weighted by molar-refractivity contribution is 0.418. The Morgan fingerprint density at radius 1 is 0.923 bits per heavy atom. The summed E-state index contributed by atoms with van der Waals surface area (Å²) in [5, 5.41) is 0. The lowest BCUT2D eigenvalue weighted by atomic mass is 9.95. The van der Waals surface area contributed by atoms with Crippen LogP contribution in [0.25, 0.3) is 0 Å². The summed E-state index contributed by atoms with van der Waals surface area (Å²) in [6.45, 7) is 5.42.